The third-order valence-electron chi connectivity index (χ3n) is 2.59. The molecule has 4 nitrogen and oxygen atoms in total. The number of allylic oxidation sites excluding steroid dienone is 1. The monoisotopic (exact) mass is 261 g/mol. The van der Waals surface area contributed by atoms with Crippen molar-refractivity contribution in [2.45, 2.75) is 27.7 Å². The highest BCUT2D eigenvalue weighted by atomic mass is 16.5. The van der Waals surface area contributed by atoms with E-state index in [4.69, 9.17) is 4.74 Å². The van der Waals surface area contributed by atoms with Gasteiger partial charge in [0.15, 0.2) is 6.61 Å². The van der Waals surface area contributed by atoms with E-state index in [-0.39, 0.29) is 12.5 Å². The Morgan fingerprint density at radius 1 is 1.21 bits per heavy atom. The fraction of sp³-hybridized carbons (Fsp3) is 0.333. The molecular formula is C15H19NO3. The molecule has 0 heterocycles. The van der Waals surface area contributed by atoms with Crippen molar-refractivity contribution in [1.82, 2.24) is 0 Å². The number of amides is 1. The van der Waals surface area contributed by atoms with E-state index in [9.17, 15) is 9.59 Å². The van der Waals surface area contributed by atoms with Crippen molar-refractivity contribution in [3.63, 3.8) is 0 Å². The minimum Gasteiger partial charge on any atom is -0.452 e. The predicted octanol–water partition coefficient (Wildman–Crippen LogP) is 2.67. The molecule has 1 rings (SSSR count). The molecule has 1 aromatic rings. The number of aryl methyl sites for hydroxylation is 3. The van der Waals surface area contributed by atoms with E-state index in [1.165, 1.54) is 6.08 Å². The van der Waals surface area contributed by atoms with Gasteiger partial charge >= 0.3 is 5.97 Å². The van der Waals surface area contributed by atoms with Gasteiger partial charge in [0.1, 0.15) is 0 Å². The minimum absolute atomic E-state index is 0.282. The summed E-state index contributed by atoms with van der Waals surface area (Å²) in [6.07, 6.45) is 2.84. The van der Waals surface area contributed by atoms with E-state index < -0.39 is 5.97 Å². The van der Waals surface area contributed by atoms with Crippen molar-refractivity contribution >= 4 is 17.6 Å². The number of benzene rings is 1. The third kappa shape index (κ3) is 4.58. The number of hydrogen-bond acceptors (Lipinski definition) is 3. The van der Waals surface area contributed by atoms with Crippen LogP contribution in [0.1, 0.15) is 23.6 Å². The van der Waals surface area contributed by atoms with Gasteiger partial charge in [-0.15, -0.1) is 0 Å². The molecule has 0 saturated carbocycles. The van der Waals surface area contributed by atoms with Crippen LogP contribution in [0.25, 0.3) is 0 Å². The van der Waals surface area contributed by atoms with Crippen LogP contribution in [0.2, 0.25) is 0 Å². The van der Waals surface area contributed by atoms with Gasteiger partial charge in [-0.1, -0.05) is 23.8 Å². The summed E-state index contributed by atoms with van der Waals surface area (Å²) in [5, 5.41) is 2.76. The Morgan fingerprint density at radius 3 is 2.32 bits per heavy atom. The summed E-state index contributed by atoms with van der Waals surface area (Å²) < 4.78 is 4.78. The third-order valence-corrected chi connectivity index (χ3v) is 2.59. The summed E-state index contributed by atoms with van der Waals surface area (Å²) in [7, 11) is 0. The Labute approximate surface area is 113 Å². The molecule has 0 aliphatic carbocycles. The van der Waals surface area contributed by atoms with Crippen LogP contribution in [0.5, 0.6) is 0 Å². The zero-order chi connectivity index (χ0) is 14.4. The first-order valence-corrected chi connectivity index (χ1v) is 6.11. The quantitative estimate of drug-likeness (QED) is 0.669. The number of nitrogens with one attached hydrogen (secondary N) is 1. The molecule has 0 aliphatic rings. The number of carbonyl (C=O) groups excluding carboxylic acids is 2. The summed E-state index contributed by atoms with van der Waals surface area (Å²) in [6, 6.07) is 3.99. The van der Waals surface area contributed by atoms with Crippen LogP contribution in [0.3, 0.4) is 0 Å². The smallest absolute Gasteiger partial charge is 0.330 e. The van der Waals surface area contributed by atoms with Crippen molar-refractivity contribution in [1.29, 1.82) is 0 Å². The lowest BCUT2D eigenvalue weighted by Crippen LogP contribution is -2.21. The molecule has 0 unspecified atom stereocenters. The van der Waals surface area contributed by atoms with Crippen LogP contribution < -0.4 is 5.32 Å². The van der Waals surface area contributed by atoms with Crippen LogP contribution in [-0.4, -0.2) is 18.5 Å². The van der Waals surface area contributed by atoms with Gasteiger partial charge in [-0.2, -0.15) is 0 Å². The van der Waals surface area contributed by atoms with E-state index in [0.29, 0.717) is 0 Å². The first kappa shape index (κ1) is 15.0. The van der Waals surface area contributed by atoms with Crippen LogP contribution >= 0.6 is 0 Å². The number of hydrogen-bond donors (Lipinski definition) is 1. The van der Waals surface area contributed by atoms with Crippen molar-refractivity contribution in [3.05, 3.63) is 41.0 Å². The van der Waals surface area contributed by atoms with Crippen LogP contribution in [-0.2, 0) is 14.3 Å². The van der Waals surface area contributed by atoms with Crippen LogP contribution in [0.15, 0.2) is 24.3 Å². The molecule has 0 fully saturated rings. The minimum atomic E-state index is -0.519. The highest BCUT2D eigenvalue weighted by Gasteiger charge is 2.09. The maximum absolute atomic E-state index is 11.7. The van der Waals surface area contributed by atoms with Crippen molar-refractivity contribution in [2.75, 3.05) is 11.9 Å². The Balaban J connectivity index is 2.65. The fourth-order valence-electron chi connectivity index (χ4n) is 1.87. The second-order valence-electron chi connectivity index (χ2n) is 4.43. The molecule has 4 heteroatoms. The first-order valence-electron chi connectivity index (χ1n) is 6.11. The zero-order valence-electron chi connectivity index (χ0n) is 11.7. The Bertz CT molecular complexity index is 495. The standard InChI is InChI=1S/C15H19NO3/c1-5-6-14(18)19-9-13(17)16-15-11(3)7-10(2)8-12(15)4/h5-8H,9H2,1-4H3,(H,16,17)/b6-5+. The van der Waals surface area contributed by atoms with Crippen LogP contribution in [0, 0.1) is 20.8 Å². The largest absolute Gasteiger partial charge is 0.452 e. The predicted molar refractivity (Wildman–Crippen MR) is 75.1 cm³/mol. The van der Waals surface area contributed by atoms with Gasteiger partial charge in [-0.05, 0) is 38.8 Å². The molecule has 102 valence electrons. The van der Waals surface area contributed by atoms with E-state index in [1.807, 2.05) is 32.9 Å². The Kier molecular flexibility index (Phi) is 5.30. The second-order valence-corrected chi connectivity index (χ2v) is 4.43. The highest BCUT2D eigenvalue weighted by Crippen LogP contribution is 2.21. The summed E-state index contributed by atoms with van der Waals surface area (Å²) in [4.78, 5) is 22.8. The molecule has 1 amide bonds. The molecule has 19 heavy (non-hydrogen) atoms. The summed E-state index contributed by atoms with van der Waals surface area (Å²) in [6.45, 7) is 7.30. The molecule has 0 bridgehead atoms. The molecule has 0 aliphatic heterocycles. The molecular weight excluding hydrogens is 242 g/mol. The van der Waals surface area contributed by atoms with Gasteiger partial charge in [0.25, 0.3) is 5.91 Å². The first-order chi connectivity index (χ1) is 8.93. The van der Waals surface area contributed by atoms with Crippen molar-refractivity contribution in [2.24, 2.45) is 0 Å². The summed E-state index contributed by atoms with van der Waals surface area (Å²) in [5.41, 5.74) is 3.90. The van der Waals surface area contributed by atoms with Gasteiger partial charge in [0, 0.05) is 11.8 Å². The molecule has 0 atom stereocenters. The van der Waals surface area contributed by atoms with Gasteiger partial charge in [0.2, 0.25) is 0 Å². The van der Waals surface area contributed by atoms with E-state index in [2.05, 4.69) is 5.32 Å². The van der Waals surface area contributed by atoms with Gasteiger partial charge in [0.05, 0.1) is 0 Å². The van der Waals surface area contributed by atoms with Crippen molar-refractivity contribution in [3.8, 4) is 0 Å². The average molecular weight is 261 g/mol. The number of esters is 1. The lowest BCUT2D eigenvalue weighted by molar-refractivity contribution is -0.142. The Morgan fingerprint density at radius 2 is 1.79 bits per heavy atom. The van der Waals surface area contributed by atoms with Gasteiger partial charge in [-0.25, -0.2) is 4.79 Å². The highest BCUT2D eigenvalue weighted by molar-refractivity contribution is 5.95. The molecule has 1 N–H and O–H groups in total. The normalized spacial score (nSPS) is 10.5. The molecule has 0 aromatic heterocycles. The summed E-state index contributed by atoms with van der Waals surface area (Å²) in [5.74, 6) is -0.858. The molecule has 0 spiro atoms. The van der Waals surface area contributed by atoms with Gasteiger partial charge in [-0.3, -0.25) is 4.79 Å². The number of carbonyl (C=O) groups is 2. The zero-order valence-corrected chi connectivity index (χ0v) is 11.7. The summed E-state index contributed by atoms with van der Waals surface area (Å²) >= 11 is 0. The lowest BCUT2D eigenvalue weighted by Gasteiger charge is -2.12. The van der Waals surface area contributed by atoms with Crippen LogP contribution in [0.4, 0.5) is 5.69 Å². The van der Waals surface area contributed by atoms with Gasteiger partial charge < -0.3 is 10.1 Å². The second kappa shape index (κ2) is 6.73. The Hall–Kier alpha value is -2.10. The SMILES string of the molecule is C/C=C/C(=O)OCC(=O)Nc1c(C)cc(C)cc1C. The number of anilines is 1. The van der Waals surface area contributed by atoms with E-state index >= 15 is 0 Å². The molecule has 0 radical (unpaired) electrons. The maximum atomic E-state index is 11.7. The number of rotatable bonds is 4. The van der Waals surface area contributed by atoms with E-state index in [0.717, 1.165) is 22.4 Å². The lowest BCUT2D eigenvalue weighted by atomic mass is 10.1. The number of ether oxygens (including phenoxy) is 1. The fourth-order valence-corrected chi connectivity index (χ4v) is 1.87. The van der Waals surface area contributed by atoms with E-state index in [1.54, 1.807) is 13.0 Å². The molecule has 0 saturated heterocycles. The van der Waals surface area contributed by atoms with Crippen molar-refractivity contribution < 1.29 is 14.3 Å². The maximum Gasteiger partial charge on any atom is 0.330 e. The average Bonchev–Trinajstić information content (AvgIpc) is 2.31. The topological polar surface area (TPSA) is 55.4 Å². The molecule has 1 aromatic carbocycles.